The van der Waals surface area contributed by atoms with Crippen molar-refractivity contribution < 1.29 is 60.2 Å². The number of rotatable bonds is 8. The number of oxazole rings is 1. The lowest BCUT2D eigenvalue weighted by Crippen LogP contribution is -2.51. The molecule has 0 radical (unpaired) electrons. The van der Waals surface area contributed by atoms with Crippen LogP contribution in [-0.4, -0.2) is 98.4 Å². The zero-order valence-corrected chi connectivity index (χ0v) is 25.3. The summed E-state index contributed by atoms with van der Waals surface area (Å²) in [6.45, 7) is -0.204. The molecule has 3 heterocycles. The van der Waals surface area contributed by atoms with Crippen LogP contribution in [0.3, 0.4) is 0 Å². The van der Waals surface area contributed by atoms with Gasteiger partial charge in [0.25, 0.3) is 11.8 Å². The van der Waals surface area contributed by atoms with Gasteiger partial charge in [-0.1, -0.05) is 0 Å². The highest BCUT2D eigenvalue weighted by molar-refractivity contribution is 5.99. The molecule has 0 spiro atoms. The van der Waals surface area contributed by atoms with E-state index in [0.717, 1.165) is 9.80 Å². The topological polar surface area (TPSA) is 165 Å². The number of hydrogen-bond acceptors (Lipinski definition) is 8. The first kappa shape index (κ1) is 35.3. The Morgan fingerprint density at radius 3 is 1.53 bits per heavy atom. The van der Waals surface area contributed by atoms with Crippen molar-refractivity contribution in [3.8, 4) is 22.8 Å². The summed E-state index contributed by atoms with van der Waals surface area (Å²) < 4.78 is 82.8. The Hall–Kier alpha value is -4.97. The molecule has 12 nitrogen and oxygen atoms in total. The van der Waals surface area contributed by atoms with E-state index in [2.05, 4.69) is 15.6 Å². The van der Waals surface area contributed by atoms with Crippen molar-refractivity contribution >= 4 is 35.0 Å². The maximum absolute atomic E-state index is 12.8. The van der Waals surface area contributed by atoms with Crippen molar-refractivity contribution in [3.05, 3.63) is 54.7 Å². The first-order valence-electron chi connectivity index (χ1n) is 14.9. The zero-order valence-electron chi connectivity index (χ0n) is 25.3. The fraction of sp³-hybridized carbons (Fsp3) is 0.387. The van der Waals surface area contributed by atoms with Crippen LogP contribution in [0.4, 0.5) is 37.7 Å². The van der Waals surface area contributed by atoms with Gasteiger partial charge in [0.15, 0.2) is 5.76 Å². The third-order valence-corrected chi connectivity index (χ3v) is 8.11. The molecule has 2 saturated heterocycles. The van der Waals surface area contributed by atoms with Gasteiger partial charge in [-0.25, -0.2) is 4.98 Å². The van der Waals surface area contributed by atoms with Gasteiger partial charge in [-0.15, -0.1) is 0 Å². The number of hydrogen-bond donors (Lipinski definition) is 4. The van der Waals surface area contributed by atoms with E-state index in [1.807, 2.05) is 0 Å². The molecule has 5 rings (SSSR count). The monoisotopic (exact) mass is 697 g/mol. The van der Waals surface area contributed by atoms with Crippen molar-refractivity contribution in [1.82, 2.24) is 14.8 Å². The molecular weight excluding hydrogens is 668 g/mol. The van der Waals surface area contributed by atoms with Crippen molar-refractivity contribution in [1.29, 1.82) is 0 Å². The highest BCUT2D eigenvalue weighted by Crippen LogP contribution is 2.30. The maximum Gasteiger partial charge on any atom is 0.423 e. The lowest BCUT2D eigenvalue weighted by atomic mass is 10.1. The fourth-order valence-electron chi connectivity index (χ4n) is 5.61. The largest absolute Gasteiger partial charge is 0.436 e. The van der Waals surface area contributed by atoms with E-state index in [0.29, 0.717) is 35.4 Å². The van der Waals surface area contributed by atoms with Crippen molar-refractivity contribution in [2.45, 2.75) is 62.3 Å². The normalized spacial score (nSPS) is 19.4. The SMILES string of the molecule is O=C(Nc1ccc(-c2cnc(-c3ccc(NC(=O)[C@@H]4CCCN4C(=O)[C@H](O)C(F)(F)F)cc3)o2)cc1)C1CCCN1C(=O)C(O)C(F)(F)F. The summed E-state index contributed by atoms with van der Waals surface area (Å²) in [6, 6.07) is 9.99. The van der Waals surface area contributed by atoms with E-state index in [1.54, 1.807) is 24.3 Å². The number of nitrogens with zero attached hydrogens (tertiary/aromatic N) is 3. The van der Waals surface area contributed by atoms with Crippen LogP contribution in [0.15, 0.2) is 59.1 Å². The summed E-state index contributed by atoms with van der Waals surface area (Å²) in [4.78, 5) is 55.5. The summed E-state index contributed by atoms with van der Waals surface area (Å²) in [5.74, 6) is -4.04. The zero-order chi connectivity index (χ0) is 35.7. The third-order valence-electron chi connectivity index (χ3n) is 8.11. The van der Waals surface area contributed by atoms with Gasteiger partial charge in [0.2, 0.25) is 29.9 Å². The second-order valence-electron chi connectivity index (χ2n) is 11.4. The number of alkyl halides is 6. The van der Waals surface area contributed by atoms with E-state index in [4.69, 9.17) is 4.42 Å². The minimum Gasteiger partial charge on any atom is -0.436 e. The number of aromatic nitrogens is 1. The summed E-state index contributed by atoms with van der Waals surface area (Å²) in [7, 11) is 0. The highest BCUT2D eigenvalue weighted by atomic mass is 19.4. The molecule has 18 heteroatoms. The van der Waals surface area contributed by atoms with E-state index in [9.17, 15) is 55.7 Å². The molecule has 2 fully saturated rings. The average Bonchev–Trinajstić information content (AvgIpc) is 3.84. The van der Waals surface area contributed by atoms with E-state index >= 15 is 0 Å². The number of aliphatic hydroxyl groups is 2. The number of benzene rings is 2. The predicted molar refractivity (Wildman–Crippen MR) is 158 cm³/mol. The summed E-state index contributed by atoms with van der Waals surface area (Å²) in [5, 5.41) is 23.8. The van der Waals surface area contributed by atoms with Crippen molar-refractivity contribution in [3.63, 3.8) is 0 Å². The van der Waals surface area contributed by atoms with Gasteiger partial charge < -0.3 is 35.1 Å². The van der Waals surface area contributed by atoms with Gasteiger partial charge in [0.05, 0.1) is 6.20 Å². The van der Waals surface area contributed by atoms with Crippen LogP contribution in [0.1, 0.15) is 25.7 Å². The minimum absolute atomic E-state index is 0.102. The molecule has 4 atom stereocenters. The molecule has 2 unspecified atom stereocenters. The smallest absolute Gasteiger partial charge is 0.423 e. The molecule has 4 N–H and O–H groups in total. The van der Waals surface area contributed by atoms with E-state index in [1.165, 1.54) is 30.5 Å². The first-order valence-corrected chi connectivity index (χ1v) is 14.9. The van der Waals surface area contributed by atoms with Gasteiger partial charge in [-0.05, 0) is 74.2 Å². The predicted octanol–water partition coefficient (Wildman–Crippen LogP) is 3.71. The van der Waals surface area contributed by atoms with Crippen molar-refractivity contribution in [2.24, 2.45) is 0 Å². The van der Waals surface area contributed by atoms with Gasteiger partial charge in [-0.2, -0.15) is 26.3 Å². The number of likely N-dealkylation sites (tertiary alicyclic amines) is 2. The molecule has 2 aromatic carbocycles. The van der Waals surface area contributed by atoms with Gasteiger partial charge in [0, 0.05) is 35.6 Å². The molecule has 49 heavy (non-hydrogen) atoms. The van der Waals surface area contributed by atoms with Crippen LogP contribution < -0.4 is 10.6 Å². The molecule has 2 aliphatic rings. The Bertz CT molecular complexity index is 1570. The summed E-state index contributed by atoms with van der Waals surface area (Å²) >= 11 is 0. The number of amides is 4. The number of halogens is 6. The summed E-state index contributed by atoms with van der Waals surface area (Å²) in [5.41, 5.74) is 1.64. The molecule has 4 amide bonds. The van der Waals surface area contributed by atoms with Gasteiger partial charge in [-0.3, -0.25) is 19.2 Å². The molecule has 262 valence electrons. The Labute approximate surface area is 273 Å². The molecule has 3 aromatic rings. The van der Waals surface area contributed by atoms with Crippen LogP contribution in [0.5, 0.6) is 0 Å². The number of aliphatic hydroxyl groups excluding tert-OH is 2. The second kappa shape index (κ2) is 13.9. The Balaban J connectivity index is 1.18. The lowest BCUT2D eigenvalue weighted by Gasteiger charge is -2.27. The maximum atomic E-state index is 12.8. The highest BCUT2D eigenvalue weighted by Gasteiger charge is 2.49. The van der Waals surface area contributed by atoms with Crippen LogP contribution in [0.25, 0.3) is 22.8 Å². The average molecular weight is 698 g/mol. The standard InChI is InChI=1S/C31H29F6N5O7/c32-30(33,34)23(43)28(47)41-13-1-3-20(41)25(45)39-18-9-5-16(6-10-18)22-15-38-27(49-22)17-7-11-19(12-8-17)40-26(46)21-4-2-14-42(21)29(48)24(44)31(35,36)37/h5-12,15,20-21,23-24,43-44H,1-4,13-14H2,(H,39,45)(H,40,46)/t20?,21-,23?,24-/m0/s1. The third kappa shape index (κ3) is 7.86. The minimum atomic E-state index is -5.15. The van der Waals surface area contributed by atoms with Gasteiger partial charge in [0.1, 0.15) is 12.1 Å². The van der Waals surface area contributed by atoms with Crippen LogP contribution >= 0.6 is 0 Å². The molecule has 0 bridgehead atoms. The number of carbonyl (C=O) groups is 4. The lowest BCUT2D eigenvalue weighted by molar-refractivity contribution is -0.211. The van der Waals surface area contributed by atoms with E-state index in [-0.39, 0.29) is 37.5 Å². The first-order chi connectivity index (χ1) is 23.0. The Morgan fingerprint density at radius 2 is 1.12 bits per heavy atom. The Morgan fingerprint density at radius 1 is 0.714 bits per heavy atom. The molecule has 1 aromatic heterocycles. The van der Waals surface area contributed by atoms with Crippen molar-refractivity contribution in [2.75, 3.05) is 23.7 Å². The number of anilines is 2. The molecule has 0 saturated carbocycles. The molecule has 2 aliphatic heterocycles. The van der Waals surface area contributed by atoms with Crippen LogP contribution in [0, 0.1) is 0 Å². The summed E-state index contributed by atoms with van der Waals surface area (Å²) in [6.07, 6.45) is -14.5. The second-order valence-corrected chi connectivity index (χ2v) is 11.4. The van der Waals surface area contributed by atoms with Gasteiger partial charge >= 0.3 is 12.4 Å². The number of nitrogens with one attached hydrogen (secondary N) is 2. The molecule has 0 aliphatic carbocycles. The van der Waals surface area contributed by atoms with Crippen LogP contribution in [-0.2, 0) is 19.2 Å². The van der Waals surface area contributed by atoms with E-state index < -0.39 is 60.3 Å². The van der Waals surface area contributed by atoms with Crippen LogP contribution in [0.2, 0.25) is 0 Å². The fourth-order valence-corrected chi connectivity index (χ4v) is 5.61. The number of carbonyl (C=O) groups excluding carboxylic acids is 4. The quantitative estimate of drug-likeness (QED) is 0.259. The Kier molecular flexibility index (Phi) is 10.0. The molecular formula is C31H29F6N5O7.